The molecule has 0 aliphatic carbocycles. The number of aryl methyl sites for hydroxylation is 2. The van der Waals surface area contributed by atoms with Gasteiger partial charge in [-0.05, 0) is 19.4 Å². The summed E-state index contributed by atoms with van der Waals surface area (Å²) in [5, 5.41) is 16.8. The molecule has 0 fully saturated rings. The van der Waals surface area contributed by atoms with Crippen LogP contribution in [0.25, 0.3) is 0 Å². The molecule has 2 heterocycles. The molecular weight excluding hydrogens is 248 g/mol. The summed E-state index contributed by atoms with van der Waals surface area (Å²) < 4.78 is 4.82. The predicted molar refractivity (Wildman–Crippen MR) is 67.0 cm³/mol. The van der Waals surface area contributed by atoms with Crippen molar-refractivity contribution < 1.29 is 9.53 Å². The van der Waals surface area contributed by atoms with E-state index in [2.05, 4.69) is 30.7 Å². The molecule has 0 atom stereocenters. The van der Waals surface area contributed by atoms with Crippen molar-refractivity contribution in [1.29, 1.82) is 0 Å². The molecule has 0 spiro atoms. The Balaban J connectivity index is 2.21. The summed E-state index contributed by atoms with van der Waals surface area (Å²) in [6.07, 6.45) is 0.621. The minimum Gasteiger partial charge on any atom is -0.466 e. The number of ether oxygens (including phenoxy) is 1. The molecule has 0 aromatic carbocycles. The third-order valence-electron chi connectivity index (χ3n) is 2.45. The van der Waals surface area contributed by atoms with Crippen LogP contribution >= 0.6 is 0 Å². The lowest BCUT2D eigenvalue weighted by molar-refractivity contribution is 0.102. The normalized spacial score (nSPS) is 10.3. The number of nitrogens with one attached hydrogen (secondary N) is 2. The van der Waals surface area contributed by atoms with Crippen LogP contribution in [-0.4, -0.2) is 38.4 Å². The monoisotopic (exact) mass is 262 g/mol. The Bertz CT molecular complexity index is 595. The van der Waals surface area contributed by atoms with Gasteiger partial charge in [0.05, 0.1) is 24.1 Å². The van der Waals surface area contributed by atoms with Gasteiger partial charge in [-0.1, -0.05) is 6.92 Å². The third kappa shape index (κ3) is 2.84. The summed E-state index contributed by atoms with van der Waals surface area (Å²) in [4.78, 5) is 16.1. The fraction of sp³-hybridized carbons (Fsp3) is 0.364. The fourth-order valence-corrected chi connectivity index (χ4v) is 1.54. The zero-order valence-electron chi connectivity index (χ0n) is 10.9. The van der Waals surface area contributed by atoms with Crippen molar-refractivity contribution in [2.45, 2.75) is 20.3 Å². The highest BCUT2D eigenvalue weighted by Gasteiger charge is 2.15. The maximum absolute atomic E-state index is 12.1. The van der Waals surface area contributed by atoms with E-state index in [9.17, 15) is 4.79 Å². The van der Waals surface area contributed by atoms with Crippen LogP contribution in [0.5, 0.6) is 6.01 Å². The van der Waals surface area contributed by atoms with E-state index in [1.165, 1.54) is 7.11 Å². The van der Waals surface area contributed by atoms with E-state index in [0.717, 1.165) is 0 Å². The van der Waals surface area contributed by atoms with Crippen molar-refractivity contribution in [3.05, 3.63) is 23.0 Å². The van der Waals surface area contributed by atoms with Crippen molar-refractivity contribution in [3.63, 3.8) is 0 Å². The molecule has 0 bridgehead atoms. The van der Waals surface area contributed by atoms with Gasteiger partial charge < -0.3 is 4.74 Å². The second-order valence-corrected chi connectivity index (χ2v) is 3.82. The molecule has 1 amide bonds. The van der Waals surface area contributed by atoms with Gasteiger partial charge in [-0.15, -0.1) is 5.10 Å². The maximum atomic E-state index is 12.1. The van der Waals surface area contributed by atoms with Gasteiger partial charge in [0.2, 0.25) is 5.95 Å². The smallest absolute Gasteiger partial charge is 0.336 e. The van der Waals surface area contributed by atoms with E-state index < -0.39 is 0 Å². The zero-order chi connectivity index (χ0) is 13.8. The van der Waals surface area contributed by atoms with Gasteiger partial charge in [0.1, 0.15) is 0 Å². The van der Waals surface area contributed by atoms with Crippen molar-refractivity contribution in [2.24, 2.45) is 0 Å². The molecule has 0 unspecified atom stereocenters. The van der Waals surface area contributed by atoms with Gasteiger partial charge in [-0.2, -0.15) is 15.2 Å². The largest absolute Gasteiger partial charge is 0.466 e. The quantitative estimate of drug-likeness (QED) is 0.841. The Morgan fingerprint density at radius 1 is 1.47 bits per heavy atom. The first-order valence-corrected chi connectivity index (χ1v) is 5.75. The van der Waals surface area contributed by atoms with E-state index >= 15 is 0 Å². The average molecular weight is 262 g/mol. The Hall–Kier alpha value is -2.51. The molecule has 2 aromatic rings. The highest BCUT2D eigenvalue weighted by Crippen LogP contribution is 2.11. The lowest BCUT2D eigenvalue weighted by Gasteiger charge is -2.06. The van der Waals surface area contributed by atoms with Crippen LogP contribution in [0.1, 0.15) is 28.7 Å². The minimum absolute atomic E-state index is 0.162. The van der Waals surface area contributed by atoms with E-state index in [0.29, 0.717) is 23.4 Å². The van der Waals surface area contributed by atoms with Gasteiger partial charge in [-0.3, -0.25) is 10.1 Å². The first kappa shape index (κ1) is 12.9. The summed E-state index contributed by atoms with van der Waals surface area (Å²) in [6.45, 7) is 3.69. The van der Waals surface area contributed by atoms with Crippen molar-refractivity contribution in [3.8, 4) is 6.01 Å². The number of hydrogen-bond acceptors (Lipinski definition) is 6. The topological polar surface area (TPSA) is 106 Å². The number of rotatable bonds is 4. The predicted octanol–water partition coefficient (Wildman–Crippen LogP) is 0.726. The van der Waals surface area contributed by atoms with Gasteiger partial charge in [0.25, 0.3) is 5.91 Å². The standard InChI is InChI=1S/C11H14N6O2/c1-4-8-7(5-6(2)14-15-8)9(18)12-10-13-11(19-3)17-16-10/h5H,4H2,1-3H3,(H2,12,13,16,17,18). The Labute approximate surface area is 109 Å². The number of aromatic amines is 1. The molecule has 0 radical (unpaired) electrons. The van der Waals surface area contributed by atoms with E-state index in [1.807, 2.05) is 6.92 Å². The molecule has 0 saturated carbocycles. The molecule has 0 aliphatic rings. The molecule has 8 heteroatoms. The Kier molecular flexibility index (Phi) is 3.69. The number of anilines is 1. The number of aromatic nitrogens is 5. The maximum Gasteiger partial charge on any atom is 0.336 e. The van der Waals surface area contributed by atoms with Gasteiger partial charge >= 0.3 is 6.01 Å². The van der Waals surface area contributed by atoms with E-state index in [1.54, 1.807) is 13.0 Å². The molecule has 0 saturated heterocycles. The Morgan fingerprint density at radius 3 is 2.89 bits per heavy atom. The van der Waals surface area contributed by atoms with Gasteiger partial charge in [0, 0.05) is 0 Å². The van der Waals surface area contributed by atoms with Crippen LogP contribution in [0.15, 0.2) is 6.07 Å². The highest BCUT2D eigenvalue weighted by atomic mass is 16.5. The van der Waals surface area contributed by atoms with Crippen LogP contribution in [0, 0.1) is 6.92 Å². The first-order valence-electron chi connectivity index (χ1n) is 5.75. The first-order chi connectivity index (χ1) is 9.13. The number of H-pyrrole nitrogens is 1. The number of methoxy groups -OCH3 is 1. The van der Waals surface area contributed by atoms with Crippen LogP contribution in [0.2, 0.25) is 0 Å². The molecule has 0 aliphatic heterocycles. The molecule has 2 rings (SSSR count). The molecule has 19 heavy (non-hydrogen) atoms. The van der Waals surface area contributed by atoms with Crippen molar-refractivity contribution in [1.82, 2.24) is 25.4 Å². The van der Waals surface area contributed by atoms with Crippen molar-refractivity contribution in [2.75, 3.05) is 12.4 Å². The lowest BCUT2D eigenvalue weighted by Crippen LogP contribution is -2.17. The zero-order valence-corrected chi connectivity index (χ0v) is 10.9. The van der Waals surface area contributed by atoms with Crippen LogP contribution < -0.4 is 10.1 Å². The number of nitrogens with zero attached hydrogens (tertiary/aromatic N) is 4. The van der Waals surface area contributed by atoms with Crippen molar-refractivity contribution >= 4 is 11.9 Å². The number of carbonyl (C=O) groups is 1. The van der Waals surface area contributed by atoms with Gasteiger partial charge in [0.15, 0.2) is 0 Å². The van der Waals surface area contributed by atoms with Crippen LogP contribution in [0.3, 0.4) is 0 Å². The average Bonchev–Trinajstić information content (AvgIpc) is 2.86. The van der Waals surface area contributed by atoms with Crippen LogP contribution in [0.4, 0.5) is 5.95 Å². The Morgan fingerprint density at radius 2 is 2.26 bits per heavy atom. The lowest BCUT2D eigenvalue weighted by atomic mass is 10.1. The number of hydrogen-bond donors (Lipinski definition) is 2. The summed E-state index contributed by atoms with van der Waals surface area (Å²) in [6, 6.07) is 1.85. The van der Waals surface area contributed by atoms with E-state index in [4.69, 9.17) is 4.74 Å². The molecule has 2 aromatic heterocycles. The summed E-state index contributed by atoms with van der Waals surface area (Å²) in [5.74, 6) is -0.0907. The fourth-order valence-electron chi connectivity index (χ4n) is 1.54. The van der Waals surface area contributed by atoms with Crippen LogP contribution in [-0.2, 0) is 6.42 Å². The number of amides is 1. The molecular formula is C11H14N6O2. The molecule has 2 N–H and O–H groups in total. The second kappa shape index (κ2) is 5.42. The summed E-state index contributed by atoms with van der Waals surface area (Å²) in [7, 11) is 1.44. The van der Waals surface area contributed by atoms with Gasteiger partial charge in [-0.25, -0.2) is 5.10 Å². The molecule has 100 valence electrons. The summed E-state index contributed by atoms with van der Waals surface area (Å²) >= 11 is 0. The SMILES string of the molecule is CCc1nnc(C)cc1C(=O)Nc1nc(OC)n[nH]1. The summed E-state index contributed by atoms with van der Waals surface area (Å²) in [5.41, 5.74) is 1.79. The minimum atomic E-state index is -0.311. The molecule has 8 nitrogen and oxygen atoms in total. The van der Waals surface area contributed by atoms with E-state index in [-0.39, 0.29) is 17.9 Å². The second-order valence-electron chi connectivity index (χ2n) is 3.82. The number of carbonyl (C=O) groups excluding carboxylic acids is 1. The highest BCUT2D eigenvalue weighted by molar-refractivity contribution is 6.04. The third-order valence-corrected chi connectivity index (χ3v) is 2.45.